The van der Waals surface area contributed by atoms with Gasteiger partial charge in [0.1, 0.15) is 0 Å². The Morgan fingerprint density at radius 2 is 1.83 bits per heavy atom. The van der Waals surface area contributed by atoms with Crippen molar-refractivity contribution in [2.45, 2.75) is 47.1 Å². The first-order chi connectivity index (χ1) is 8.65. The van der Waals surface area contributed by atoms with E-state index in [4.69, 9.17) is 0 Å². The predicted octanol–water partition coefficient (Wildman–Crippen LogP) is 3.75. The summed E-state index contributed by atoms with van der Waals surface area (Å²) in [6.07, 6.45) is 2.47. The van der Waals surface area contributed by atoms with Crippen LogP contribution in [0.25, 0.3) is 0 Å². The molecule has 2 nitrogen and oxygen atoms in total. The van der Waals surface area contributed by atoms with Gasteiger partial charge in [0.25, 0.3) is 0 Å². The van der Waals surface area contributed by atoms with Crippen molar-refractivity contribution in [3.05, 3.63) is 29.3 Å². The Labute approximate surface area is 112 Å². The van der Waals surface area contributed by atoms with Crippen LogP contribution in [0.4, 0.5) is 5.69 Å². The number of nitrogens with zero attached hydrogens (tertiary/aromatic N) is 1. The van der Waals surface area contributed by atoms with E-state index in [2.05, 4.69) is 44.7 Å². The average Bonchev–Trinajstić information content (AvgIpc) is 2.40. The fourth-order valence-corrected chi connectivity index (χ4v) is 2.33. The van der Waals surface area contributed by atoms with Gasteiger partial charge in [-0.2, -0.15) is 0 Å². The second-order valence-corrected chi connectivity index (χ2v) is 4.99. The highest BCUT2D eigenvalue weighted by atomic mass is 16.3. The van der Waals surface area contributed by atoms with E-state index in [1.165, 1.54) is 24.1 Å². The highest BCUT2D eigenvalue weighted by Crippen LogP contribution is 2.21. The molecule has 0 amide bonds. The summed E-state index contributed by atoms with van der Waals surface area (Å²) in [5, 5.41) is 9.21. The van der Waals surface area contributed by atoms with Crippen LogP contribution in [0.5, 0.6) is 0 Å². The van der Waals surface area contributed by atoms with E-state index in [-0.39, 0.29) is 6.61 Å². The van der Waals surface area contributed by atoms with Crippen LogP contribution < -0.4 is 4.90 Å². The number of hydrogen-bond acceptors (Lipinski definition) is 2. The zero-order valence-corrected chi connectivity index (χ0v) is 12.2. The maximum absolute atomic E-state index is 9.21. The maximum Gasteiger partial charge on any atom is 0.0684 e. The molecule has 1 N–H and O–H groups in total. The van der Waals surface area contributed by atoms with E-state index in [1.807, 2.05) is 6.07 Å². The molecule has 18 heavy (non-hydrogen) atoms. The van der Waals surface area contributed by atoms with Crippen molar-refractivity contribution in [1.29, 1.82) is 0 Å². The lowest BCUT2D eigenvalue weighted by molar-refractivity contribution is 0.281. The molecule has 0 heterocycles. The Morgan fingerprint density at radius 3 is 2.28 bits per heavy atom. The van der Waals surface area contributed by atoms with Gasteiger partial charge in [0.2, 0.25) is 0 Å². The lowest BCUT2D eigenvalue weighted by atomic mass is 10.0. The first kappa shape index (κ1) is 15.0. The molecule has 0 saturated heterocycles. The molecule has 0 radical (unpaired) electrons. The summed E-state index contributed by atoms with van der Waals surface area (Å²) in [5.41, 5.74) is 3.48. The van der Waals surface area contributed by atoms with Gasteiger partial charge in [0, 0.05) is 18.8 Å². The van der Waals surface area contributed by atoms with Gasteiger partial charge in [0.05, 0.1) is 6.61 Å². The minimum Gasteiger partial charge on any atom is -0.392 e. The molecule has 2 heteroatoms. The van der Waals surface area contributed by atoms with Crippen molar-refractivity contribution in [1.82, 2.24) is 0 Å². The first-order valence-corrected chi connectivity index (χ1v) is 7.11. The summed E-state index contributed by atoms with van der Waals surface area (Å²) in [5.74, 6) is 0.766. The molecular formula is C16H27NO. The summed E-state index contributed by atoms with van der Waals surface area (Å²) < 4.78 is 0. The number of rotatable bonds is 7. The van der Waals surface area contributed by atoms with Gasteiger partial charge in [-0.1, -0.05) is 32.8 Å². The molecule has 0 aliphatic heterocycles. The first-order valence-electron chi connectivity index (χ1n) is 7.11. The predicted molar refractivity (Wildman–Crippen MR) is 79.1 cm³/mol. The van der Waals surface area contributed by atoms with Gasteiger partial charge in [-0.3, -0.25) is 0 Å². The SMILES string of the molecule is CCC(CC)CN(CC)c1ccc(CO)c(C)c1. The normalized spacial score (nSPS) is 11.0. The van der Waals surface area contributed by atoms with E-state index in [1.54, 1.807) is 0 Å². The van der Waals surface area contributed by atoms with Gasteiger partial charge in [-0.05, 0) is 43.0 Å². The summed E-state index contributed by atoms with van der Waals surface area (Å²) in [4.78, 5) is 2.44. The van der Waals surface area contributed by atoms with Crippen LogP contribution in [-0.4, -0.2) is 18.2 Å². The highest BCUT2D eigenvalue weighted by Gasteiger charge is 2.11. The van der Waals surface area contributed by atoms with Gasteiger partial charge >= 0.3 is 0 Å². The third-order valence-electron chi connectivity index (χ3n) is 3.88. The molecule has 1 aromatic rings. The zero-order valence-electron chi connectivity index (χ0n) is 12.2. The van der Waals surface area contributed by atoms with Crippen LogP contribution in [0.2, 0.25) is 0 Å². The van der Waals surface area contributed by atoms with Crippen LogP contribution in [-0.2, 0) is 6.61 Å². The van der Waals surface area contributed by atoms with Crippen LogP contribution in [0.3, 0.4) is 0 Å². The Morgan fingerprint density at radius 1 is 1.17 bits per heavy atom. The van der Waals surface area contributed by atoms with E-state index >= 15 is 0 Å². The van der Waals surface area contributed by atoms with E-state index in [0.29, 0.717) is 0 Å². The third kappa shape index (κ3) is 3.74. The van der Waals surface area contributed by atoms with Gasteiger partial charge < -0.3 is 10.0 Å². The van der Waals surface area contributed by atoms with Crippen molar-refractivity contribution in [2.75, 3.05) is 18.0 Å². The Bertz CT molecular complexity index is 358. The van der Waals surface area contributed by atoms with Crippen molar-refractivity contribution < 1.29 is 5.11 Å². The number of aliphatic hydroxyl groups excluding tert-OH is 1. The van der Waals surface area contributed by atoms with Crippen molar-refractivity contribution in [3.8, 4) is 0 Å². The van der Waals surface area contributed by atoms with E-state index in [9.17, 15) is 5.11 Å². The van der Waals surface area contributed by atoms with Crippen molar-refractivity contribution in [2.24, 2.45) is 5.92 Å². The lowest BCUT2D eigenvalue weighted by Gasteiger charge is -2.28. The van der Waals surface area contributed by atoms with E-state index < -0.39 is 0 Å². The maximum atomic E-state index is 9.21. The number of hydrogen-bond donors (Lipinski definition) is 1. The Hall–Kier alpha value is -1.02. The van der Waals surface area contributed by atoms with Gasteiger partial charge in [0.15, 0.2) is 0 Å². The number of benzene rings is 1. The summed E-state index contributed by atoms with van der Waals surface area (Å²) in [6, 6.07) is 6.36. The number of aryl methyl sites for hydroxylation is 1. The summed E-state index contributed by atoms with van der Waals surface area (Å²) in [7, 11) is 0. The molecule has 1 aromatic carbocycles. The minimum atomic E-state index is 0.130. The Kier molecular flexibility index (Phi) is 6.20. The molecular weight excluding hydrogens is 222 g/mol. The fraction of sp³-hybridized carbons (Fsp3) is 0.625. The highest BCUT2D eigenvalue weighted by molar-refractivity contribution is 5.50. The molecule has 0 aromatic heterocycles. The molecule has 0 fully saturated rings. The van der Waals surface area contributed by atoms with Gasteiger partial charge in [-0.15, -0.1) is 0 Å². The molecule has 0 atom stereocenters. The van der Waals surface area contributed by atoms with Crippen LogP contribution in [0.15, 0.2) is 18.2 Å². The van der Waals surface area contributed by atoms with Crippen LogP contribution >= 0.6 is 0 Å². The topological polar surface area (TPSA) is 23.5 Å². The molecule has 0 aliphatic rings. The standard InChI is InChI=1S/C16H27NO/c1-5-14(6-2)11-17(7-3)16-9-8-15(12-18)13(4)10-16/h8-10,14,18H,5-7,11-12H2,1-4H3. The smallest absolute Gasteiger partial charge is 0.0684 e. The molecule has 0 bridgehead atoms. The average molecular weight is 249 g/mol. The minimum absolute atomic E-state index is 0.130. The Balaban J connectivity index is 2.84. The molecule has 0 spiro atoms. The number of aliphatic hydroxyl groups is 1. The quantitative estimate of drug-likeness (QED) is 0.795. The molecule has 1 rings (SSSR count). The second-order valence-electron chi connectivity index (χ2n) is 4.99. The largest absolute Gasteiger partial charge is 0.392 e. The summed E-state index contributed by atoms with van der Waals surface area (Å²) >= 11 is 0. The molecule has 0 aliphatic carbocycles. The fourth-order valence-electron chi connectivity index (χ4n) is 2.33. The monoisotopic (exact) mass is 249 g/mol. The van der Waals surface area contributed by atoms with Crippen LogP contribution in [0.1, 0.15) is 44.7 Å². The van der Waals surface area contributed by atoms with Crippen LogP contribution in [0, 0.1) is 12.8 Å². The lowest BCUT2D eigenvalue weighted by Crippen LogP contribution is -2.29. The van der Waals surface area contributed by atoms with Gasteiger partial charge in [-0.25, -0.2) is 0 Å². The molecule has 0 saturated carbocycles. The van der Waals surface area contributed by atoms with E-state index in [0.717, 1.165) is 24.6 Å². The van der Waals surface area contributed by atoms with Crippen molar-refractivity contribution in [3.63, 3.8) is 0 Å². The molecule has 102 valence electrons. The zero-order chi connectivity index (χ0) is 13.5. The second kappa shape index (κ2) is 7.42. The third-order valence-corrected chi connectivity index (χ3v) is 3.88. The summed E-state index contributed by atoms with van der Waals surface area (Å²) in [6.45, 7) is 11.1. The molecule has 0 unspecified atom stereocenters. The number of anilines is 1. The van der Waals surface area contributed by atoms with Crippen molar-refractivity contribution >= 4 is 5.69 Å².